The maximum Gasteiger partial charge on any atom is 0.325 e. The average Bonchev–Trinajstić information content (AvgIpc) is 2.35. The third kappa shape index (κ3) is 1.24. The lowest BCUT2D eigenvalue weighted by molar-refractivity contribution is -0.138. The number of carbonyl (C=O) groups is 1. The lowest BCUT2D eigenvalue weighted by atomic mass is 10.1. The molecule has 1 saturated carbocycles. The van der Waals surface area contributed by atoms with Crippen molar-refractivity contribution in [2.75, 3.05) is 0 Å². The van der Waals surface area contributed by atoms with Crippen molar-refractivity contribution in [3.05, 3.63) is 12.2 Å². The molecule has 0 heterocycles. The summed E-state index contributed by atoms with van der Waals surface area (Å²) in [6.07, 6.45) is -1.27. The minimum absolute atomic E-state index is 0.612. The molecule has 0 spiro atoms. The highest BCUT2D eigenvalue weighted by molar-refractivity contribution is 6.37. The van der Waals surface area contributed by atoms with E-state index in [2.05, 4.69) is 0 Å². The minimum atomic E-state index is -1.89. The first-order valence-corrected chi connectivity index (χ1v) is 4.07. The highest BCUT2D eigenvalue weighted by atomic mass is 35.5. The molecule has 1 unspecified atom stereocenters. The Kier molecular flexibility index (Phi) is 2.15. The van der Waals surface area contributed by atoms with Crippen molar-refractivity contribution in [2.24, 2.45) is 11.3 Å². The van der Waals surface area contributed by atoms with Crippen molar-refractivity contribution in [2.45, 2.75) is 18.7 Å². The highest BCUT2D eigenvalue weighted by Crippen LogP contribution is 2.67. The van der Waals surface area contributed by atoms with E-state index in [1.54, 1.807) is 13.8 Å². The number of alkyl halides is 1. The molecular formula is C8H9ClF2O2. The van der Waals surface area contributed by atoms with Crippen LogP contribution in [0.2, 0.25) is 0 Å². The zero-order valence-electron chi connectivity index (χ0n) is 7.14. The normalized spacial score (nSPS) is 35.3. The number of carboxylic acids is 1. The molecule has 0 aromatic carbocycles. The van der Waals surface area contributed by atoms with Gasteiger partial charge in [-0.05, 0) is 6.08 Å². The smallest absolute Gasteiger partial charge is 0.325 e. The molecule has 1 aliphatic carbocycles. The Bertz CT molecular complexity index is 284. The van der Waals surface area contributed by atoms with Gasteiger partial charge in [0.05, 0.1) is 0 Å². The van der Waals surface area contributed by atoms with E-state index in [0.29, 0.717) is 6.08 Å². The van der Waals surface area contributed by atoms with Gasteiger partial charge in [-0.2, -0.15) is 8.78 Å². The van der Waals surface area contributed by atoms with Crippen LogP contribution in [0.1, 0.15) is 13.8 Å². The number of hydrogen-bond donors (Lipinski definition) is 1. The van der Waals surface area contributed by atoms with Crippen LogP contribution in [-0.4, -0.2) is 16.0 Å². The predicted molar refractivity (Wildman–Crippen MR) is 43.8 cm³/mol. The van der Waals surface area contributed by atoms with Crippen molar-refractivity contribution in [3.63, 3.8) is 0 Å². The minimum Gasteiger partial charge on any atom is -0.480 e. The van der Waals surface area contributed by atoms with E-state index in [4.69, 9.17) is 16.7 Å². The van der Waals surface area contributed by atoms with Crippen molar-refractivity contribution in [3.8, 4) is 0 Å². The quantitative estimate of drug-likeness (QED) is 0.711. The van der Waals surface area contributed by atoms with Crippen LogP contribution < -0.4 is 0 Å². The maximum atomic E-state index is 11.9. The first kappa shape index (κ1) is 10.4. The second-order valence-electron chi connectivity index (χ2n) is 3.67. The SMILES string of the molecule is CC1(C)C(C=C(F)F)[C@]1(Cl)C(=O)O. The Morgan fingerprint density at radius 3 is 2.23 bits per heavy atom. The van der Waals surface area contributed by atoms with Crippen molar-refractivity contribution in [1.82, 2.24) is 0 Å². The van der Waals surface area contributed by atoms with Gasteiger partial charge in [0.1, 0.15) is 0 Å². The average molecular weight is 211 g/mol. The van der Waals surface area contributed by atoms with E-state index in [-0.39, 0.29) is 0 Å². The summed E-state index contributed by atoms with van der Waals surface area (Å²) < 4.78 is 23.8. The van der Waals surface area contributed by atoms with Crippen molar-refractivity contribution in [1.29, 1.82) is 0 Å². The highest BCUT2D eigenvalue weighted by Gasteiger charge is 2.75. The lowest BCUT2D eigenvalue weighted by Gasteiger charge is -2.03. The fourth-order valence-electron chi connectivity index (χ4n) is 1.61. The van der Waals surface area contributed by atoms with E-state index in [0.717, 1.165) is 0 Å². The zero-order valence-corrected chi connectivity index (χ0v) is 7.90. The van der Waals surface area contributed by atoms with E-state index >= 15 is 0 Å². The Morgan fingerprint density at radius 2 is 2.00 bits per heavy atom. The maximum absolute atomic E-state index is 11.9. The second kappa shape index (κ2) is 2.67. The molecule has 13 heavy (non-hydrogen) atoms. The number of halogens is 3. The summed E-state index contributed by atoms with van der Waals surface area (Å²) in [6.45, 7) is 3.11. The second-order valence-corrected chi connectivity index (χ2v) is 4.27. The molecule has 1 aliphatic rings. The van der Waals surface area contributed by atoms with Gasteiger partial charge in [-0.25, -0.2) is 0 Å². The Labute approximate surface area is 79.2 Å². The number of allylic oxidation sites excluding steroid dienone is 1. The van der Waals surface area contributed by atoms with Crippen LogP contribution in [0.3, 0.4) is 0 Å². The molecule has 0 bridgehead atoms. The van der Waals surface area contributed by atoms with E-state index in [9.17, 15) is 13.6 Å². The van der Waals surface area contributed by atoms with Gasteiger partial charge in [0.2, 0.25) is 0 Å². The van der Waals surface area contributed by atoms with Crippen LogP contribution in [-0.2, 0) is 4.79 Å². The summed E-state index contributed by atoms with van der Waals surface area (Å²) in [5.74, 6) is -2.05. The van der Waals surface area contributed by atoms with Crippen LogP contribution in [0.5, 0.6) is 0 Å². The molecule has 1 fully saturated rings. The third-order valence-electron chi connectivity index (χ3n) is 2.66. The monoisotopic (exact) mass is 210 g/mol. The standard InChI is InChI=1S/C8H9ClF2O2/c1-7(2)4(3-5(10)11)8(7,9)6(12)13/h3-4H,1-2H3,(H,12,13)/t4?,8-/m0/s1. The number of carboxylic acid groups (broad SMARTS) is 1. The van der Waals surface area contributed by atoms with Crippen molar-refractivity contribution < 1.29 is 18.7 Å². The lowest BCUT2D eigenvalue weighted by Crippen LogP contribution is -2.21. The molecule has 1 rings (SSSR count). The summed E-state index contributed by atoms with van der Waals surface area (Å²) in [5.41, 5.74) is -0.816. The summed E-state index contributed by atoms with van der Waals surface area (Å²) in [4.78, 5) is 9.11. The Balaban J connectivity index is 2.95. The molecule has 0 aromatic rings. The number of rotatable bonds is 2. The van der Waals surface area contributed by atoms with Gasteiger partial charge >= 0.3 is 5.97 Å². The molecule has 0 aromatic heterocycles. The molecule has 0 aliphatic heterocycles. The molecule has 2 nitrogen and oxygen atoms in total. The largest absolute Gasteiger partial charge is 0.480 e. The number of hydrogen-bond acceptors (Lipinski definition) is 1. The number of aliphatic carboxylic acids is 1. The van der Waals surface area contributed by atoms with Gasteiger partial charge in [-0.3, -0.25) is 4.79 Å². The van der Waals surface area contributed by atoms with Crippen LogP contribution in [0.4, 0.5) is 8.78 Å². The summed E-state index contributed by atoms with van der Waals surface area (Å²) in [6, 6.07) is 0. The van der Waals surface area contributed by atoms with Gasteiger partial charge in [-0.15, -0.1) is 11.6 Å². The van der Waals surface area contributed by atoms with Crippen LogP contribution in [0.15, 0.2) is 12.2 Å². The Hall–Kier alpha value is -0.640. The molecule has 5 heteroatoms. The molecule has 0 amide bonds. The fraction of sp³-hybridized carbons (Fsp3) is 0.625. The van der Waals surface area contributed by atoms with Gasteiger partial charge in [0.15, 0.2) is 4.87 Å². The van der Waals surface area contributed by atoms with Gasteiger partial charge in [0, 0.05) is 11.3 Å². The van der Waals surface area contributed by atoms with Gasteiger partial charge in [0.25, 0.3) is 6.08 Å². The topological polar surface area (TPSA) is 37.3 Å². The summed E-state index contributed by atoms with van der Waals surface area (Å²) in [7, 11) is 0. The van der Waals surface area contributed by atoms with Crippen LogP contribution in [0.25, 0.3) is 0 Å². The van der Waals surface area contributed by atoms with Crippen molar-refractivity contribution >= 4 is 17.6 Å². The van der Waals surface area contributed by atoms with Crippen LogP contribution in [0, 0.1) is 11.3 Å². The first-order valence-electron chi connectivity index (χ1n) is 3.69. The van der Waals surface area contributed by atoms with Crippen LogP contribution >= 0.6 is 11.6 Å². The molecule has 74 valence electrons. The fourth-order valence-corrected chi connectivity index (χ4v) is 2.01. The Morgan fingerprint density at radius 1 is 1.54 bits per heavy atom. The molecule has 1 N–H and O–H groups in total. The zero-order chi connectivity index (χ0) is 10.4. The predicted octanol–water partition coefficient (Wildman–Crippen LogP) is 2.49. The molecular weight excluding hydrogens is 202 g/mol. The molecule has 0 saturated heterocycles. The third-order valence-corrected chi connectivity index (χ3v) is 3.55. The van der Waals surface area contributed by atoms with E-state index in [1.165, 1.54) is 0 Å². The van der Waals surface area contributed by atoms with Gasteiger partial charge < -0.3 is 5.11 Å². The summed E-state index contributed by atoms with van der Waals surface area (Å²) >= 11 is 5.70. The first-order chi connectivity index (χ1) is 5.74. The summed E-state index contributed by atoms with van der Waals surface area (Å²) in [5, 5.41) is 8.73. The van der Waals surface area contributed by atoms with Gasteiger partial charge in [-0.1, -0.05) is 13.8 Å². The molecule has 2 atom stereocenters. The molecule has 0 radical (unpaired) electrons. The van der Waals surface area contributed by atoms with E-state index < -0.39 is 28.3 Å². The van der Waals surface area contributed by atoms with E-state index in [1.807, 2.05) is 0 Å².